The first kappa shape index (κ1) is 19.5. The number of nitrogens with zero attached hydrogens (tertiary/aromatic N) is 2. The van der Waals surface area contributed by atoms with Gasteiger partial charge in [0.1, 0.15) is 0 Å². The lowest BCUT2D eigenvalue weighted by atomic mass is 10.0. The van der Waals surface area contributed by atoms with Crippen LogP contribution in [-0.4, -0.2) is 43.0 Å². The average Bonchev–Trinajstić information content (AvgIpc) is 3.43. The molecule has 3 heterocycles. The maximum atomic E-state index is 12.3. The van der Waals surface area contributed by atoms with Crippen molar-refractivity contribution in [3.05, 3.63) is 52.2 Å². The normalized spacial score (nSPS) is 19.2. The number of nitrogens with one attached hydrogen (secondary N) is 1. The molecule has 0 saturated carbocycles. The number of piperidine rings is 1. The van der Waals surface area contributed by atoms with Gasteiger partial charge in [0.15, 0.2) is 0 Å². The summed E-state index contributed by atoms with van der Waals surface area (Å²) in [6.07, 6.45) is 5.19. The Kier molecular flexibility index (Phi) is 6.33. The van der Waals surface area contributed by atoms with Gasteiger partial charge in [0.25, 0.3) is 0 Å². The van der Waals surface area contributed by atoms with Crippen molar-refractivity contribution in [1.82, 2.24) is 10.2 Å². The number of thiophene rings is 1. The molecular weight excluding hydrogens is 366 g/mol. The van der Waals surface area contributed by atoms with Crippen molar-refractivity contribution in [2.24, 2.45) is 0 Å². The standard InChI is InChI=1S/C23H31N3OS/c1-18(22-5-4-16-28-22)24-20-10-14-25(15-11-20)21-8-6-19(7-9-21)17-23(27)26-12-2-3-13-26/h4-9,16,18,20,24H,2-3,10-15,17H2,1H3/t18-/m0/s1. The molecule has 2 aromatic rings. The van der Waals surface area contributed by atoms with Gasteiger partial charge in [-0.25, -0.2) is 0 Å². The Balaban J connectivity index is 1.25. The summed E-state index contributed by atoms with van der Waals surface area (Å²) < 4.78 is 0. The predicted molar refractivity (Wildman–Crippen MR) is 117 cm³/mol. The monoisotopic (exact) mass is 397 g/mol. The molecule has 28 heavy (non-hydrogen) atoms. The Labute approximate surface area is 172 Å². The van der Waals surface area contributed by atoms with Crippen molar-refractivity contribution >= 4 is 22.9 Å². The molecule has 0 radical (unpaired) electrons. The summed E-state index contributed by atoms with van der Waals surface area (Å²) in [5, 5.41) is 5.94. The number of hydrogen-bond acceptors (Lipinski definition) is 4. The van der Waals surface area contributed by atoms with Crippen LogP contribution in [0.5, 0.6) is 0 Å². The Morgan fingerprint density at radius 3 is 2.46 bits per heavy atom. The summed E-state index contributed by atoms with van der Waals surface area (Å²) in [4.78, 5) is 18.2. The van der Waals surface area contributed by atoms with Gasteiger partial charge in [0.05, 0.1) is 6.42 Å². The third-order valence-corrected chi connectivity index (χ3v) is 7.12. The smallest absolute Gasteiger partial charge is 0.226 e. The minimum absolute atomic E-state index is 0.275. The van der Waals surface area contributed by atoms with Gasteiger partial charge >= 0.3 is 0 Å². The van der Waals surface area contributed by atoms with Gasteiger partial charge in [-0.2, -0.15) is 0 Å². The molecule has 1 atom stereocenters. The van der Waals surface area contributed by atoms with E-state index in [-0.39, 0.29) is 5.91 Å². The first-order valence-corrected chi connectivity index (χ1v) is 11.5. The fourth-order valence-electron chi connectivity index (χ4n) is 4.36. The van der Waals surface area contributed by atoms with E-state index in [1.807, 2.05) is 16.2 Å². The second-order valence-corrected chi connectivity index (χ2v) is 9.08. The summed E-state index contributed by atoms with van der Waals surface area (Å²) >= 11 is 1.83. The van der Waals surface area contributed by atoms with Crippen molar-refractivity contribution in [2.45, 2.75) is 51.1 Å². The van der Waals surface area contributed by atoms with Gasteiger partial charge in [-0.15, -0.1) is 11.3 Å². The lowest BCUT2D eigenvalue weighted by Gasteiger charge is -2.35. The first-order valence-electron chi connectivity index (χ1n) is 10.6. The van der Waals surface area contributed by atoms with Crippen LogP contribution < -0.4 is 10.2 Å². The van der Waals surface area contributed by atoms with Crippen LogP contribution in [0, 0.1) is 0 Å². The van der Waals surface area contributed by atoms with Crippen LogP contribution in [0.25, 0.3) is 0 Å². The van der Waals surface area contributed by atoms with Crippen LogP contribution in [0.1, 0.15) is 49.1 Å². The van der Waals surface area contributed by atoms with E-state index in [4.69, 9.17) is 0 Å². The second kappa shape index (κ2) is 9.10. The predicted octanol–water partition coefficient (Wildman–Crippen LogP) is 4.23. The Hall–Kier alpha value is -1.85. The van der Waals surface area contributed by atoms with E-state index in [9.17, 15) is 4.79 Å². The van der Waals surface area contributed by atoms with Gasteiger partial charge < -0.3 is 15.1 Å². The highest BCUT2D eigenvalue weighted by molar-refractivity contribution is 7.10. The summed E-state index contributed by atoms with van der Waals surface area (Å²) in [5.74, 6) is 0.275. The molecule has 0 unspecified atom stereocenters. The topological polar surface area (TPSA) is 35.6 Å². The molecule has 2 saturated heterocycles. The van der Waals surface area contributed by atoms with E-state index < -0.39 is 0 Å². The summed E-state index contributed by atoms with van der Waals surface area (Å²) in [5.41, 5.74) is 2.41. The molecule has 2 aliphatic rings. The van der Waals surface area contributed by atoms with Crippen molar-refractivity contribution in [3.8, 4) is 0 Å². The Bertz CT molecular complexity index is 745. The quantitative estimate of drug-likeness (QED) is 0.792. The van der Waals surface area contributed by atoms with Crippen molar-refractivity contribution in [2.75, 3.05) is 31.1 Å². The van der Waals surface area contributed by atoms with Gasteiger partial charge in [-0.1, -0.05) is 18.2 Å². The minimum atomic E-state index is 0.275. The van der Waals surface area contributed by atoms with Crippen molar-refractivity contribution in [3.63, 3.8) is 0 Å². The van der Waals surface area contributed by atoms with Gasteiger partial charge in [0, 0.05) is 48.8 Å². The summed E-state index contributed by atoms with van der Waals surface area (Å²) in [6.45, 7) is 6.30. The van der Waals surface area contributed by atoms with Crippen molar-refractivity contribution < 1.29 is 4.79 Å². The van der Waals surface area contributed by atoms with Crippen LogP contribution in [0.3, 0.4) is 0 Å². The number of amides is 1. The highest BCUT2D eigenvalue weighted by atomic mass is 32.1. The zero-order valence-electron chi connectivity index (χ0n) is 16.8. The third-order valence-electron chi connectivity index (χ3n) is 6.07. The number of likely N-dealkylation sites (tertiary alicyclic amines) is 1. The number of benzene rings is 1. The number of rotatable bonds is 6. The zero-order chi connectivity index (χ0) is 19.3. The largest absolute Gasteiger partial charge is 0.371 e. The van der Waals surface area contributed by atoms with E-state index >= 15 is 0 Å². The van der Waals surface area contributed by atoms with Gasteiger partial charge in [-0.3, -0.25) is 4.79 Å². The SMILES string of the molecule is C[C@H](NC1CCN(c2ccc(CC(=O)N3CCCC3)cc2)CC1)c1cccs1. The minimum Gasteiger partial charge on any atom is -0.371 e. The highest BCUT2D eigenvalue weighted by Crippen LogP contribution is 2.24. The maximum absolute atomic E-state index is 12.3. The molecule has 4 nitrogen and oxygen atoms in total. The van der Waals surface area contributed by atoms with E-state index in [0.717, 1.165) is 44.6 Å². The zero-order valence-corrected chi connectivity index (χ0v) is 17.6. The highest BCUT2D eigenvalue weighted by Gasteiger charge is 2.22. The molecule has 150 valence electrons. The number of carbonyl (C=O) groups excluding carboxylic acids is 1. The van der Waals surface area contributed by atoms with Crippen LogP contribution in [0.2, 0.25) is 0 Å². The fourth-order valence-corrected chi connectivity index (χ4v) is 5.10. The van der Waals surface area contributed by atoms with E-state index in [1.165, 1.54) is 23.4 Å². The van der Waals surface area contributed by atoms with Crippen molar-refractivity contribution in [1.29, 1.82) is 0 Å². The van der Waals surface area contributed by atoms with E-state index in [0.29, 0.717) is 18.5 Å². The molecule has 2 fully saturated rings. The molecule has 0 aliphatic carbocycles. The maximum Gasteiger partial charge on any atom is 0.226 e. The molecule has 1 N–H and O–H groups in total. The van der Waals surface area contributed by atoms with Crippen LogP contribution in [0.15, 0.2) is 41.8 Å². The average molecular weight is 398 g/mol. The Morgan fingerprint density at radius 1 is 1.11 bits per heavy atom. The molecule has 4 rings (SSSR count). The molecule has 1 amide bonds. The summed E-state index contributed by atoms with van der Waals surface area (Å²) in [6, 6.07) is 14.0. The third kappa shape index (κ3) is 4.76. The summed E-state index contributed by atoms with van der Waals surface area (Å²) in [7, 11) is 0. The van der Waals surface area contributed by atoms with Gasteiger partial charge in [0.2, 0.25) is 5.91 Å². The first-order chi connectivity index (χ1) is 13.7. The van der Waals surface area contributed by atoms with Crippen LogP contribution in [0.4, 0.5) is 5.69 Å². The molecule has 1 aromatic heterocycles. The molecular formula is C23H31N3OS. The van der Waals surface area contributed by atoms with Gasteiger partial charge in [-0.05, 0) is 61.7 Å². The Morgan fingerprint density at radius 2 is 1.82 bits per heavy atom. The molecule has 0 spiro atoms. The molecule has 2 aliphatic heterocycles. The fraction of sp³-hybridized carbons (Fsp3) is 0.522. The number of hydrogen-bond donors (Lipinski definition) is 1. The second-order valence-electron chi connectivity index (χ2n) is 8.10. The lowest BCUT2D eigenvalue weighted by molar-refractivity contribution is -0.129. The molecule has 1 aromatic carbocycles. The number of anilines is 1. The number of carbonyl (C=O) groups is 1. The van der Waals surface area contributed by atoms with E-state index in [2.05, 4.69) is 58.9 Å². The lowest BCUT2D eigenvalue weighted by Crippen LogP contribution is -2.43. The van der Waals surface area contributed by atoms with E-state index in [1.54, 1.807) is 0 Å². The molecule has 0 bridgehead atoms. The molecule has 5 heteroatoms. The van der Waals surface area contributed by atoms with Crippen LogP contribution in [-0.2, 0) is 11.2 Å². The van der Waals surface area contributed by atoms with Crippen LogP contribution >= 0.6 is 11.3 Å².